The molecule has 4 heteroatoms. The quantitative estimate of drug-likeness (QED) is 0.862. The van der Waals surface area contributed by atoms with Gasteiger partial charge in [-0.2, -0.15) is 0 Å². The fourth-order valence-electron chi connectivity index (χ4n) is 4.03. The van der Waals surface area contributed by atoms with Crippen molar-refractivity contribution in [3.05, 3.63) is 41.5 Å². The van der Waals surface area contributed by atoms with E-state index in [9.17, 15) is 9.59 Å². The van der Waals surface area contributed by atoms with Crippen molar-refractivity contribution in [2.24, 2.45) is 0 Å². The number of carbonyl (C=O) groups is 2. The lowest BCUT2D eigenvalue weighted by Crippen LogP contribution is -2.40. The van der Waals surface area contributed by atoms with Crippen molar-refractivity contribution in [3.8, 4) is 0 Å². The standard InChI is InChI=1S/C20H22N2O2/c1-2-22-19(23)15-10-6-9-14-17(21-13-7-4-3-5-8-13)12-11-16(18(14)15)20(22)24/h6,9-13,21H,2-5,7-8H2,1H3. The molecule has 1 heterocycles. The third kappa shape index (κ3) is 2.29. The average Bonchev–Trinajstić information content (AvgIpc) is 2.62. The summed E-state index contributed by atoms with van der Waals surface area (Å²) in [7, 11) is 0. The highest BCUT2D eigenvalue weighted by atomic mass is 16.2. The molecular weight excluding hydrogens is 300 g/mol. The molecule has 2 aliphatic rings. The first-order valence-electron chi connectivity index (χ1n) is 8.89. The number of hydrogen-bond donors (Lipinski definition) is 1. The number of carbonyl (C=O) groups excluding carboxylic acids is 2. The summed E-state index contributed by atoms with van der Waals surface area (Å²) in [5.74, 6) is -0.370. The molecular formula is C20H22N2O2. The Balaban J connectivity index is 1.83. The van der Waals surface area contributed by atoms with Gasteiger partial charge in [0, 0.05) is 40.2 Å². The zero-order chi connectivity index (χ0) is 16.7. The molecule has 0 atom stereocenters. The van der Waals surface area contributed by atoms with E-state index in [1.807, 2.05) is 37.3 Å². The highest BCUT2D eigenvalue weighted by Crippen LogP contribution is 2.35. The molecule has 1 aliphatic carbocycles. The van der Waals surface area contributed by atoms with E-state index < -0.39 is 0 Å². The zero-order valence-electron chi connectivity index (χ0n) is 14.0. The zero-order valence-corrected chi connectivity index (χ0v) is 14.0. The third-order valence-electron chi connectivity index (χ3n) is 5.27. The lowest BCUT2D eigenvalue weighted by atomic mass is 9.91. The molecule has 2 amide bonds. The average molecular weight is 322 g/mol. The van der Waals surface area contributed by atoms with E-state index >= 15 is 0 Å². The van der Waals surface area contributed by atoms with Gasteiger partial charge in [-0.1, -0.05) is 31.4 Å². The molecule has 0 saturated heterocycles. The first-order chi connectivity index (χ1) is 11.7. The predicted molar refractivity (Wildman–Crippen MR) is 95.5 cm³/mol. The Bertz CT molecular complexity index is 799. The summed E-state index contributed by atoms with van der Waals surface area (Å²) in [6.45, 7) is 2.23. The number of rotatable bonds is 3. The van der Waals surface area contributed by atoms with E-state index in [1.54, 1.807) is 0 Å². The van der Waals surface area contributed by atoms with Crippen LogP contribution in [0.2, 0.25) is 0 Å². The minimum Gasteiger partial charge on any atom is -0.382 e. The summed E-state index contributed by atoms with van der Waals surface area (Å²) in [5.41, 5.74) is 2.31. The van der Waals surface area contributed by atoms with Gasteiger partial charge in [0.05, 0.1) is 0 Å². The van der Waals surface area contributed by atoms with Gasteiger partial charge in [-0.15, -0.1) is 0 Å². The molecule has 0 unspecified atom stereocenters. The topological polar surface area (TPSA) is 49.4 Å². The second-order valence-electron chi connectivity index (χ2n) is 6.72. The van der Waals surface area contributed by atoms with Crippen molar-refractivity contribution < 1.29 is 9.59 Å². The summed E-state index contributed by atoms with van der Waals surface area (Å²) < 4.78 is 0. The third-order valence-corrected chi connectivity index (χ3v) is 5.27. The Morgan fingerprint density at radius 2 is 1.71 bits per heavy atom. The van der Waals surface area contributed by atoms with Crippen LogP contribution in [0.3, 0.4) is 0 Å². The van der Waals surface area contributed by atoms with E-state index in [2.05, 4.69) is 5.32 Å². The van der Waals surface area contributed by atoms with Crippen LogP contribution in [0.25, 0.3) is 10.8 Å². The van der Waals surface area contributed by atoms with Crippen molar-refractivity contribution in [1.82, 2.24) is 4.90 Å². The Labute approximate surface area is 141 Å². The van der Waals surface area contributed by atoms with Crippen LogP contribution in [0.5, 0.6) is 0 Å². The highest BCUT2D eigenvalue weighted by Gasteiger charge is 2.32. The SMILES string of the molecule is CCN1C(=O)c2cccc3c(NC4CCCCC4)ccc(c23)C1=O. The maximum Gasteiger partial charge on any atom is 0.261 e. The van der Waals surface area contributed by atoms with E-state index in [-0.39, 0.29) is 11.8 Å². The number of imide groups is 1. The molecule has 2 aromatic rings. The molecule has 2 aromatic carbocycles. The second-order valence-corrected chi connectivity index (χ2v) is 6.72. The highest BCUT2D eigenvalue weighted by molar-refractivity contribution is 6.26. The van der Waals surface area contributed by atoms with E-state index in [1.165, 1.54) is 37.0 Å². The molecule has 0 bridgehead atoms. The maximum absolute atomic E-state index is 12.6. The number of benzene rings is 2. The molecule has 1 N–H and O–H groups in total. The Hall–Kier alpha value is -2.36. The van der Waals surface area contributed by atoms with Gasteiger partial charge in [-0.3, -0.25) is 14.5 Å². The van der Waals surface area contributed by atoms with Crippen molar-refractivity contribution in [2.75, 3.05) is 11.9 Å². The van der Waals surface area contributed by atoms with Gasteiger partial charge in [0.2, 0.25) is 0 Å². The van der Waals surface area contributed by atoms with Crippen molar-refractivity contribution in [3.63, 3.8) is 0 Å². The maximum atomic E-state index is 12.6. The minimum atomic E-state index is -0.185. The number of nitrogens with one attached hydrogen (secondary N) is 1. The van der Waals surface area contributed by atoms with Crippen LogP contribution in [0, 0.1) is 0 Å². The van der Waals surface area contributed by atoms with Crippen LogP contribution >= 0.6 is 0 Å². The lowest BCUT2D eigenvalue weighted by Gasteiger charge is -2.28. The largest absolute Gasteiger partial charge is 0.382 e. The van der Waals surface area contributed by atoms with E-state index in [0.717, 1.165) is 16.5 Å². The van der Waals surface area contributed by atoms with Gasteiger partial charge in [0.25, 0.3) is 11.8 Å². The molecule has 124 valence electrons. The Kier molecular flexibility index (Phi) is 3.75. The Morgan fingerprint density at radius 1 is 1.00 bits per heavy atom. The van der Waals surface area contributed by atoms with Crippen LogP contribution in [0.15, 0.2) is 30.3 Å². The molecule has 1 saturated carbocycles. The fourth-order valence-corrected chi connectivity index (χ4v) is 4.03. The number of anilines is 1. The molecule has 24 heavy (non-hydrogen) atoms. The smallest absolute Gasteiger partial charge is 0.261 e. The number of nitrogens with zero attached hydrogens (tertiary/aromatic N) is 1. The molecule has 1 aliphatic heterocycles. The predicted octanol–water partition coefficient (Wildman–Crippen LogP) is 4.20. The van der Waals surface area contributed by atoms with Crippen LogP contribution in [0.4, 0.5) is 5.69 Å². The van der Waals surface area contributed by atoms with Crippen LogP contribution in [-0.4, -0.2) is 29.3 Å². The monoisotopic (exact) mass is 322 g/mol. The van der Waals surface area contributed by atoms with Gasteiger partial charge in [0.1, 0.15) is 0 Å². The first-order valence-corrected chi connectivity index (χ1v) is 8.89. The van der Waals surface area contributed by atoms with E-state index in [0.29, 0.717) is 23.7 Å². The number of hydrogen-bond acceptors (Lipinski definition) is 3. The summed E-state index contributed by atoms with van der Waals surface area (Å²) in [6, 6.07) is 10.1. The minimum absolute atomic E-state index is 0.185. The van der Waals surface area contributed by atoms with Gasteiger partial charge >= 0.3 is 0 Å². The molecule has 0 spiro atoms. The van der Waals surface area contributed by atoms with Crippen molar-refractivity contribution in [2.45, 2.75) is 45.1 Å². The lowest BCUT2D eigenvalue weighted by molar-refractivity contribution is 0.0619. The van der Waals surface area contributed by atoms with Gasteiger partial charge < -0.3 is 5.32 Å². The van der Waals surface area contributed by atoms with Gasteiger partial charge in [0.15, 0.2) is 0 Å². The van der Waals surface area contributed by atoms with Crippen molar-refractivity contribution in [1.29, 1.82) is 0 Å². The van der Waals surface area contributed by atoms with Crippen LogP contribution < -0.4 is 5.32 Å². The number of amides is 2. The summed E-state index contributed by atoms with van der Waals surface area (Å²) in [4.78, 5) is 26.6. The normalized spacial score (nSPS) is 18.3. The van der Waals surface area contributed by atoms with E-state index in [4.69, 9.17) is 0 Å². The fraction of sp³-hybridized carbons (Fsp3) is 0.400. The second kappa shape index (κ2) is 5.93. The molecule has 0 aromatic heterocycles. The van der Waals surface area contributed by atoms with Gasteiger partial charge in [-0.05, 0) is 38.0 Å². The van der Waals surface area contributed by atoms with Crippen LogP contribution in [-0.2, 0) is 0 Å². The molecule has 1 fully saturated rings. The summed E-state index contributed by atoms with van der Waals surface area (Å²) in [5, 5.41) is 5.43. The summed E-state index contributed by atoms with van der Waals surface area (Å²) >= 11 is 0. The molecule has 4 rings (SSSR count). The molecule has 0 radical (unpaired) electrons. The molecule has 4 nitrogen and oxygen atoms in total. The summed E-state index contributed by atoms with van der Waals surface area (Å²) in [6.07, 6.45) is 6.22. The van der Waals surface area contributed by atoms with Crippen LogP contribution in [0.1, 0.15) is 59.7 Å². The Morgan fingerprint density at radius 3 is 2.42 bits per heavy atom. The first kappa shape index (κ1) is 15.2. The van der Waals surface area contributed by atoms with Crippen molar-refractivity contribution >= 4 is 28.3 Å². The van der Waals surface area contributed by atoms with Gasteiger partial charge in [-0.25, -0.2) is 0 Å².